The Morgan fingerprint density at radius 1 is 1.21 bits per heavy atom. The molecular weight excluding hydrogens is 306 g/mol. The molecule has 0 fully saturated rings. The van der Waals surface area contributed by atoms with E-state index in [1.165, 1.54) is 10.6 Å². The van der Waals surface area contributed by atoms with Crippen LogP contribution in [0.1, 0.15) is 27.0 Å². The topological polar surface area (TPSA) is 83.7 Å². The second-order valence-electron chi connectivity index (χ2n) is 5.72. The lowest BCUT2D eigenvalue weighted by atomic mass is 10.1. The highest BCUT2D eigenvalue weighted by Gasteiger charge is 2.19. The molecule has 6 heteroatoms. The summed E-state index contributed by atoms with van der Waals surface area (Å²) in [6, 6.07) is 11.1. The first-order chi connectivity index (χ1) is 11.5. The fraction of sp³-hybridized carbons (Fsp3) is 0.167. The number of nitrogens with one attached hydrogen (secondary N) is 1. The van der Waals surface area contributed by atoms with E-state index in [1.807, 2.05) is 38.1 Å². The highest BCUT2D eigenvalue weighted by Crippen LogP contribution is 2.12. The monoisotopic (exact) mass is 323 g/mol. The SMILES string of the molecule is Cc1cccc(CNC(=O)c2c(O)nc3cc(C)ccn3c2=O)c1. The van der Waals surface area contributed by atoms with Gasteiger partial charge in [0.15, 0.2) is 5.56 Å². The highest BCUT2D eigenvalue weighted by molar-refractivity contribution is 5.96. The number of aromatic hydroxyl groups is 1. The first-order valence-electron chi connectivity index (χ1n) is 7.51. The van der Waals surface area contributed by atoms with Crippen molar-refractivity contribution in [2.45, 2.75) is 20.4 Å². The van der Waals surface area contributed by atoms with E-state index in [0.717, 1.165) is 16.7 Å². The van der Waals surface area contributed by atoms with Crippen LogP contribution in [0.25, 0.3) is 5.65 Å². The van der Waals surface area contributed by atoms with E-state index in [9.17, 15) is 14.7 Å². The van der Waals surface area contributed by atoms with E-state index < -0.39 is 17.3 Å². The van der Waals surface area contributed by atoms with Gasteiger partial charge in [0.1, 0.15) is 5.65 Å². The smallest absolute Gasteiger partial charge is 0.274 e. The van der Waals surface area contributed by atoms with Crippen LogP contribution in [0.15, 0.2) is 47.4 Å². The average Bonchev–Trinajstić information content (AvgIpc) is 2.52. The Morgan fingerprint density at radius 2 is 1.96 bits per heavy atom. The fourth-order valence-corrected chi connectivity index (χ4v) is 2.52. The number of rotatable bonds is 3. The Bertz CT molecular complexity index is 992. The van der Waals surface area contributed by atoms with Crippen molar-refractivity contribution in [1.82, 2.24) is 14.7 Å². The zero-order chi connectivity index (χ0) is 17.3. The van der Waals surface area contributed by atoms with E-state index in [1.54, 1.807) is 12.1 Å². The van der Waals surface area contributed by atoms with Crippen molar-refractivity contribution in [3.8, 4) is 5.88 Å². The van der Waals surface area contributed by atoms with Gasteiger partial charge in [-0.1, -0.05) is 29.8 Å². The van der Waals surface area contributed by atoms with Crippen LogP contribution in [0, 0.1) is 13.8 Å². The maximum atomic E-state index is 12.5. The lowest BCUT2D eigenvalue weighted by Crippen LogP contribution is -2.31. The van der Waals surface area contributed by atoms with Crippen LogP contribution in [0.2, 0.25) is 0 Å². The molecule has 0 aliphatic rings. The lowest BCUT2D eigenvalue weighted by molar-refractivity contribution is 0.0945. The molecule has 0 bridgehead atoms. The minimum Gasteiger partial charge on any atom is -0.493 e. The van der Waals surface area contributed by atoms with Gasteiger partial charge in [-0.25, -0.2) is 0 Å². The molecule has 0 atom stereocenters. The molecule has 3 rings (SSSR count). The molecule has 0 spiro atoms. The normalized spacial score (nSPS) is 10.8. The van der Waals surface area contributed by atoms with Gasteiger partial charge in [0, 0.05) is 12.7 Å². The van der Waals surface area contributed by atoms with Gasteiger partial charge >= 0.3 is 0 Å². The zero-order valence-corrected chi connectivity index (χ0v) is 13.4. The molecule has 2 N–H and O–H groups in total. The molecule has 2 aromatic heterocycles. The summed E-state index contributed by atoms with van der Waals surface area (Å²) < 4.78 is 1.24. The first-order valence-corrected chi connectivity index (χ1v) is 7.51. The molecular formula is C18H17N3O3. The average molecular weight is 323 g/mol. The minimum absolute atomic E-state index is 0.260. The molecule has 24 heavy (non-hydrogen) atoms. The first kappa shape index (κ1) is 15.7. The van der Waals surface area contributed by atoms with Crippen LogP contribution in [-0.2, 0) is 6.54 Å². The van der Waals surface area contributed by atoms with Gasteiger partial charge in [-0.05, 0) is 37.1 Å². The number of hydrogen-bond donors (Lipinski definition) is 2. The van der Waals surface area contributed by atoms with Crippen molar-refractivity contribution in [3.05, 3.63) is 75.2 Å². The van der Waals surface area contributed by atoms with Crippen molar-refractivity contribution >= 4 is 11.6 Å². The van der Waals surface area contributed by atoms with Crippen LogP contribution < -0.4 is 10.9 Å². The van der Waals surface area contributed by atoms with Crippen LogP contribution in [0.3, 0.4) is 0 Å². The van der Waals surface area contributed by atoms with Crippen LogP contribution in [0.5, 0.6) is 5.88 Å². The standard InChI is InChI=1S/C18H17N3O3/c1-11-4-3-5-13(8-11)10-19-16(22)15-17(23)20-14-9-12(2)6-7-21(14)18(15)24/h3-9,23H,10H2,1-2H3,(H,19,22). The van der Waals surface area contributed by atoms with Crippen LogP contribution in [0.4, 0.5) is 0 Å². The summed E-state index contributed by atoms with van der Waals surface area (Å²) in [4.78, 5) is 28.7. The number of hydrogen-bond acceptors (Lipinski definition) is 4. The molecule has 0 saturated carbocycles. The summed E-state index contributed by atoms with van der Waals surface area (Å²) in [6.07, 6.45) is 1.54. The maximum Gasteiger partial charge on any atom is 0.274 e. The van der Waals surface area contributed by atoms with Gasteiger partial charge in [-0.3, -0.25) is 14.0 Å². The van der Waals surface area contributed by atoms with Crippen molar-refractivity contribution in [1.29, 1.82) is 0 Å². The quantitative estimate of drug-likeness (QED) is 0.771. The predicted molar refractivity (Wildman–Crippen MR) is 90.2 cm³/mol. The van der Waals surface area contributed by atoms with E-state index in [-0.39, 0.29) is 12.1 Å². The Hall–Kier alpha value is -3.15. The molecule has 0 aliphatic heterocycles. The van der Waals surface area contributed by atoms with Crippen molar-refractivity contribution in [2.75, 3.05) is 0 Å². The summed E-state index contributed by atoms with van der Waals surface area (Å²) >= 11 is 0. The summed E-state index contributed by atoms with van der Waals surface area (Å²) in [7, 11) is 0. The predicted octanol–water partition coefficient (Wildman–Crippen LogP) is 1.95. The third-order valence-corrected chi connectivity index (χ3v) is 3.73. The van der Waals surface area contributed by atoms with Gasteiger partial charge in [0.2, 0.25) is 5.88 Å². The molecule has 122 valence electrons. The number of pyridine rings is 1. The number of aryl methyl sites for hydroxylation is 2. The molecule has 0 saturated heterocycles. The van der Waals surface area contributed by atoms with Crippen molar-refractivity contribution in [2.24, 2.45) is 0 Å². The Balaban J connectivity index is 1.92. The summed E-state index contributed by atoms with van der Waals surface area (Å²) in [5.41, 5.74) is 2.23. The number of benzene rings is 1. The second kappa shape index (κ2) is 6.16. The lowest BCUT2D eigenvalue weighted by Gasteiger charge is -2.09. The number of nitrogens with zero attached hydrogens (tertiary/aromatic N) is 2. The molecule has 6 nitrogen and oxygen atoms in total. The van der Waals surface area contributed by atoms with E-state index >= 15 is 0 Å². The fourth-order valence-electron chi connectivity index (χ4n) is 2.52. The third-order valence-electron chi connectivity index (χ3n) is 3.73. The second-order valence-corrected chi connectivity index (χ2v) is 5.72. The number of amides is 1. The Morgan fingerprint density at radius 3 is 2.71 bits per heavy atom. The molecule has 1 aromatic carbocycles. The molecule has 1 amide bonds. The van der Waals surface area contributed by atoms with E-state index in [2.05, 4.69) is 10.3 Å². The number of aromatic nitrogens is 2. The van der Waals surface area contributed by atoms with E-state index in [4.69, 9.17) is 0 Å². The highest BCUT2D eigenvalue weighted by atomic mass is 16.3. The zero-order valence-electron chi connectivity index (χ0n) is 13.4. The Kier molecular flexibility index (Phi) is 4.04. The largest absolute Gasteiger partial charge is 0.493 e. The maximum absolute atomic E-state index is 12.5. The Labute approximate surface area is 138 Å². The molecule has 0 aliphatic carbocycles. The third kappa shape index (κ3) is 2.99. The van der Waals surface area contributed by atoms with Gasteiger partial charge < -0.3 is 10.4 Å². The van der Waals surface area contributed by atoms with Gasteiger partial charge in [-0.15, -0.1) is 0 Å². The van der Waals surface area contributed by atoms with E-state index in [0.29, 0.717) is 5.65 Å². The number of carbonyl (C=O) groups is 1. The van der Waals surface area contributed by atoms with Crippen molar-refractivity contribution in [3.63, 3.8) is 0 Å². The number of fused-ring (bicyclic) bond motifs is 1. The minimum atomic E-state index is -0.651. The molecule has 0 radical (unpaired) electrons. The van der Waals surface area contributed by atoms with Crippen LogP contribution in [-0.4, -0.2) is 20.4 Å². The molecule has 3 aromatic rings. The van der Waals surface area contributed by atoms with Gasteiger partial charge in [0.05, 0.1) is 0 Å². The summed E-state index contributed by atoms with van der Waals surface area (Å²) in [5.74, 6) is -1.21. The van der Waals surface area contributed by atoms with Crippen LogP contribution >= 0.6 is 0 Å². The van der Waals surface area contributed by atoms with Gasteiger partial charge in [0.25, 0.3) is 11.5 Å². The van der Waals surface area contributed by atoms with Crippen molar-refractivity contribution < 1.29 is 9.90 Å². The number of carbonyl (C=O) groups excluding carboxylic acids is 1. The molecule has 2 heterocycles. The summed E-state index contributed by atoms with van der Waals surface area (Å²) in [6.45, 7) is 4.07. The molecule has 0 unspecified atom stereocenters. The summed E-state index contributed by atoms with van der Waals surface area (Å²) in [5, 5.41) is 12.7. The van der Waals surface area contributed by atoms with Gasteiger partial charge in [-0.2, -0.15) is 4.98 Å².